The number of rotatable bonds is 5. The van der Waals surface area contributed by atoms with Crippen molar-refractivity contribution in [1.82, 2.24) is 5.32 Å². The van der Waals surface area contributed by atoms with Gasteiger partial charge in [0.15, 0.2) is 0 Å². The summed E-state index contributed by atoms with van der Waals surface area (Å²) in [5, 5.41) is 5.79. The second-order valence-electron chi connectivity index (χ2n) is 6.51. The van der Waals surface area contributed by atoms with E-state index in [4.69, 9.17) is 0 Å². The van der Waals surface area contributed by atoms with E-state index in [2.05, 4.69) is 64.3 Å². The highest BCUT2D eigenvalue weighted by molar-refractivity contribution is 14.1. The fourth-order valence-corrected chi connectivity index (χ4v) is 4.02. The molecular formula is C20H24INO. The van der Waals surface area contributed by atoms with E-state index in [1.165, 1.54) is 39.2 Å². The summed E-state index contributed by atoms with van der Waals surface area (Å²) in [6.45, 7) is 0.787. The number of hydrogen-bond acceptors (Lipinski definition) is 1. The lowest BCUT2D eigenvalue weighted by Gasteiger charge is -2.20. The second-order valence-corrected chi connectivity index (χ2v) is 7.76. The maximum absolute atomic E-state index is 12.2. The third-order valence-electron chi connectivity index (χ3n) is 4.83. The van der Waals surface area contributed by atoms with Crippen molar-refractivity contribution in [2.75, 3.05) is 6.54 Å². The first-order chi connectivity index (χ1) is 11.2. The van der Waals surface area contributed by atoms with Gasteiger partial charge in [-0.15, -0.1) is 0 Å². The van der Waals surface area contributed by atoms with Crippen molar-refractivity contribution < 1.29 is 4.79 Å². The molecule has 1 saturated carbocycles. The minimum atomic E-state index is 0.267. The maximum Gasteiger partial charge on any atom is 0.223 e. The van der Waals surface area contributed by atoms with E-state index >= 15 is 0 Å². The predicted molar refractivity (Wildman–Crippen MR) is 105 cm³/mol. The van der Waals surface area contributed by atoms with Crippen molar-refractivity contribution in [2.24, 2.45) is 5.92 Å². The largest absolute Gasteiger partial charge is 0.356 e. The number of nitrogens with one attached hydrogen (secondary N) is 1. The summed E-state index contributed by atoms with van der Waals surface area (Å²) in [6, 6.07) is 13.1. The normalized spacial score (nSPS) is 15.7. The molecule has 122 valence electrons. The zero-order valence-electron chi connectivity index (χ0n) is 13.5. The van der Waals surface area contributed by atoms with Crippen LogP contribution in [0.5, 0.6) is 0 Å². The SMILES string of the molecule is O=C(NCCCc1cccc2ccc(I)cc12)C1CCCCC1. The van der Waals surface area contributed by atoms with Gasteiger partial charge in [0.2, 0.25) is 5.91 Å². The minimum Gasteiger partial charge on any atom is -0.356 e. The van der Waals surface area contributed by atoms with Crippen LogP contribution in [0.4, 0.5) is 0 Å². The van der Waals surface area contributed by atoms with Crippen LogP contribution in [0.1, 0.15) is 44.1 Å². The molecule has 0 aliphatic heterocycles. The number of carbonyl (C=O) groups excluding carboxylic acids is 1. The molecule has 2 aromatic carbocycles. The summed E-state index contributed by atoms with van der Waals surface area (Å²) in [5.41, 5.74) is 1.38. The van der Waals surface area contributed by atoms with Crippen LogP contribution in [0, 0.1) is 9.49 Å². The first kappa shape index (κ1) is 16.7. The van der Waals surface area contributed by atoms with Gasteiger partial charge in [-0.05, 0) is 76.7 Å². The smallest absolute Gasteiger partial charge is 0.223 e. The molecular weight excluding hydrogens is 397 g/mol. The maximum atomic E-state index is 12.2. The monoisotopic (exact) mass is 421 g/mol. The first-order valence-electron chi connectivity index (χ1n) is 8.69. The van der Waals surface area contributed by atoms with Gasteiger partial charge in [0, 0.05) is 16.0 Å². The molecule has 2 aromatic rings. The molecule has 0 radical (unpaired) electrons. The Balaban J connectivity index is 1.52. The first-order valence-corrected chi connectivity index (χ1v) is 9.77. The van der Waals surface area contributed by atoms with Crippen LogP contribution in [-0.4, -0.2) is 12.5 Å². The highest BCUT2D eigenvalue weighted by atomic mass is 127. The molecule has 1 N–H and O–H groups in total. The third-order valence-corrected chi connectivity index (χ3v) is 5.50. The average Bonchev–Trinajstić information content (AvgIpc) is 2.59. The Bertz CT molecular complexity index is 676. The molecule has 1 aliphatic carbocycles. The summed E-state index contributed by atoms with van der Waals surface area (Å²) in [7, 11) is 0. The fraction of sp³-hybridized carbons (Fsp3) is 0.450. The van der Waals surface area contributed by atoms with Crippen LogP contribution in [0.3, 0.4) is 0 Å². The van der Waals surface area contributed by atoms with Crippen molar-refractivity contribution in [3.05, 3.63) is 45.5 Å². The van der Waals surface area contributed by atoms with Crippen molar-refractivity contribution in [3.63, 3.8) is 0 Å². The number of carbonyl (C=O) groups is 1. The van der Waals surface area contributed by atoms with E-state index in [1.807, 2.05) is 0 Å². The van der Waals surface area contributed by atoms with Crippen LogP contribution in [0.15, 0.2) is 36.4 Å². The Labute approximate surface area is 152 Å². The lowest BCUT2D eigenvalue weighted by Crippen LogP contribution is -2.32. The molecule has 3 heteroatoms. The van der Waals surface area contributed by atoms with E-state index in [9.17, 15) is 4.79 Å². The lowest BCUT2D eigenvalue weighted by atomic mass is 9.88. The van der Waals surface area contributed by atoms with Crippen molar-refractivity contribution in [3.8, 4) is 0 Å². The van der Waals surface area contributed by atoms with Crippen LogP contribution in [0.25, 0.3) is 10.8 Å². The fourth-order valence-electron chi connectivity index (χ4n) is 3.53. The highest BCUT2D eigenvalue weighted by Crippen LogP contribution is 2.24. The van der Waals surface area contributed by atoms with Gasteiger partial charge < -0.3 is 5.32 Å². The average molecular weight is 421 g/mol. The molecule has 23 heavy (non-hydrogen) atoms. The number of aryl methyl sites for hydroxylation is 1. The standard InChI is InChI=1S/C20H24INO/c21-18-12-11-16-9-4-8-15(19(16)14-18)10-5-13-22-20(23)17-6-2-1-3-7-17/h4,8-9,11-12,14,17H,1-3,5-7,10,13H2,(H,22,23). The van der Waals surface area contributed by atoms with Gasteiger partial charge in [0.1, 0.15) is 0 Å². The third kappa shape index (κ3) is 4.46. The molecule has 2 nitrogen and oxygen atoms in total. The molecule has 1 amide bonds. The number of halogens is 1. The number of amides is 1. The van der Waals surface area contributed by atoms with Gasteiger partial charge in [0.05, 0.1) is 0 Å². The van der Waals surface area contributed by atoms with Crippen molar-refractivity contribution in [1.29, 1.82) is 0 Å². The van der Waals surface area contributed by atoms with Crippen LogP contribution in [0.2, 0.25) is 0 Å². The van der Waals surface area contributed by atoms with Gasteiger partial charge in [-0.2, -0.15) is 0 Å². The second kappa shape index (κ2) is 8.13. The van der Waals surface area contributed by atoms with Crippen molar-refractivity contribution in [2.45, 2.75) is 44.9 Å². The zero-order valence-corrected chi connectivity index (χ0v) is 15.6. The lowest BCUT2D eigenvalue weighted by molar-refractivity contribution is -0.125. The molecule has 1 aliphatic rings. The molecule has 3 rings (SSSR count). The Kier molecular flexibility index (Phi) is 5.92. The number of benzene rings is 2. The van der Waals surface area contributed by atoms with E-state index in [0.717, 1.165) is 32.2 Å². The van der Waals surface area contributed by atoms with Gasteiger partial charge in [-0.1, -0.05) is 43.5 Å². The summed E-state index contributed by atoms with van der Waals surface area (Å²) in [6.07, 6.45) is 7.90. The topological polar surface area (TPSA) is 29.1 Å². The molecule has 0 bridgehead atoms. The summed E-state index contributed by atoms with van der Waals surface area (Å²) < 4.78 is 1.27. The summed E-state index contributed by atoms with van der Waals surface area (Å²) in [5.74, 6) is 0.542. The van der Waals surface area contributed by atoms with Crippen molar-refractivity contribution >= 4 is 39.3 Å². The molecule has 1 fully saturated rings. The predicted octanol–water partition coefficient (Wildman–Crippen LogP) is 5.07. The van der Waals surface area contributed by atoms with Crippen LogP contribution < -0.4 is 5.32 Å². The zero-order chi connectivity index (χ0) is 16.1. The Morgan fingerprint density at radius 1 is 1.13 bits per heavy atom. The summed E-state index contributed by atoms with van der Waals surface area (Å²) in [4.78, 5) is 12.2. The number of fused-ring (bicyclic) bond motifs is 1. The molecule has 0 heterocycles. The molecule has 0 atom stereocenters. The highest BCUT2D eigenvalue weighted by Gasteiger charge is 2.20. The van der Waals surface area contributed by atoms with Gasteiger partial charge >= 0.3 is 0 Å². The van der Waals surface area contributed by atoms with E-state index in [0.29, 0.717) is 0 Å². The Morgan fingerprint density at radius 2 is 1.96 bits per heavy atom. The quantitative estimate of drug-likeness (QED) is 0.530. The van der Waals surface area contributed by atoms with Gasteiger partial charge in [-0.25, -0.2) is 0 Å². The molecule has 0 saturated heterocycles. The van der Waals surface area contributed by atoms with Crippen LogP contribution in [-0.2, 0) is 11.2 Å². The van der Waals surface area contributed by atoms with Crippen LogP contribution >= 0.6 is 22.6 Å². The summed E-state index contributed by atoms with van der Waals surface area (Å²) >= 11 is 2.37. The van der Waals surface area contributed by atoms with E-state index in [-0.39, 0.29) is 11.8 Å². The minimum absolute atomic E-state index is 0.267. The van der Waals surface area contributed by atoms with E-state index < -0.39 is 0 Å². The molecule has 0 spiro atoms. The number of hydrogen-bond donors (Lipinski definition) is 1. The van der Waals surface area contributed by atoms with Gasteiger partial charge in [-0.3, -0.25) is 4.79 Å². The Morgan fingerprint density at radius 3 is 2.78 bits per heavy atom. The van der Waals surface area contributed by atoms with Gasteiger partial charge in [0.25, 0.3) is 0 Å². The molecule has 0 aromatic heterocycles. The Hall–Kier alpha value is -1.10. The van der Waals surface area contributed by atoms with E-state index in [1.54, 1.807) is 0 Å². The molecule has 0 unspecified atom stereocenters.